The number of rotatable bonds is 5. The summed E-state index contributed by atoms with van der Waals surface area (Å²) in [5.41, 5.74) is 7.19. The van der Waals surface area contributed by atoms with Crippen LogP contribution in [-0.4, -0.2) is 9.97 Å². The van der Waals surface area contributed by atoms with Crippen molar-refractivity contribution in [3.8, 4) is 22.6 Å². The second-order valence-corrected chi connectivity index (χ2v) is 11.4. The van der Waals surface area contributed by atoms with Crippen LogP contribution in [0.4, 0.5) is 17.1 Å². The van der Waals surface area contributed by atoms with Crippen molar-refractivity contribution in [2.24, 2.45) is 0 Å². The van der Waals surface area contributed by atoms with Crippen molar-refractivity contribution in [2.75, 3.05) is 4.90 Å². The quantitative estimate of drug-likeness (QED) is 0.211. The number of hydrogen-bond acceptors (Lipinski definition) is 4. The zero-order valence-corrected chi connectivity index (χ0v) is 23.5. The van der Waals surface area contributed by atoms with Gasteiger partial charge in [-0.1, -0.05) is 97.1 Å². The maximum Gasteiger partial charge on any atom is 0.160 e. The highest BCUT2D eigenvalue weighted by molar-refractivity contribution is 7.25. The lowest BCUT2D eigenvalue weighted by Gasteiger charge is -2.25. The fourth-order valence-electron chi connectivity index (χ4n) is 5.68. The van der Waals surface area contributed by atoms with Crippen LogP contribution in [0, 0.1) is 0 Å². The predicted octanol–water partition coefficient (Wildman–Crippen LogP) is 10.8. The number of nitrogens with zero attached hydrogens (tertiary/aromatic N) is 3. The van der Waals surface area contributed by atoms with E-state index in [4.69, 9.17) is 9.97 Å². The van der Waals surface area contributed by atoms with E-state index < -0.39 is 0 Å². The van der Waals surface area contributed by atoms with Gasteiger partial charge in [0.2, 0.25) is 0 Å². The highest BCUT2D eigenvalue weighted by Crippen LogP contribution is 2.40. The molecule has 0 atom stereocenters. The SMILES string of the molecule is c1ccc(-c2nc(-c3cccc(N(c4ccccc4)c4ccccc4)c3)nc3cc4c(cc23)sc2ccccc24)cc1. The molecule has 8 aromatic rings. The second-order valence-electron chi connectivity index (χ2n) is 10.3. The average molecular weight is 556 g/mol. The summed E-state index contributed by atoms with van der Waals surface area (Å²) in [4.78, 5) is 12.7. The van der Waals surface area contributed by atoms with Crippen LogP contribution in [0.1, 0.15) is 0 Å². The normalized spacial score (nSPS) is 11.3. The molecule has 0 spiro atoms. The van der Waals surface area contributed by atoms with Crippen LogP contribution < -0.4 is 4.90 Å². The van der Waals surface area contributed by atoms with Crippen molar-refractivity contribution in [2.45, 2.75) is 0 Å². The van der Waals surface area contributed by atoms with Crippen molar-refractivity contribution in [1.29, 1.82) is 0 Å². The standard InChI is InChI=1S/C38H25N3S/c1-4-13-26(14-5-1)37-33-25-36-32(31-21-10-11-22-35(31)42-36)24-34(33)39-38(40-37)27-15-12-20-30(23-27)41(28-16-6-2-7-17-28)29-18-8-3-9-19-29/h1-25H. The molecule has 2 aromatic heterocycles. The van der Waals surface area contributed by atoms with E-state index in [1.807, 2.05) is 29.5 Å². The van der Waals surface area contributed by atoms with Crippen molar-refractivity contribution in [3.05, 3.63) is 152 Å². The van der Waals surface area contributed by atoms with Crippen LogP contribution in [0.25, 0.3) is 53.7 Å². The third kappa shape index (κ3) is 4.30. The Hall–Kier alpha value is -5.32. The minimum Gasteiger partial charge on any atom is -0.310 e. The summed E-state index contributed by atoms with van der Waals surface area (Å²) in [6.07, 6.45) is 0. The van der Waals surface area contributed by atoms with E-state index in [1.165, 1.54) is 20.2 Å². The van der Waals surface area contributed by atoms with E-state index in [2.05, 4.69) is 138 Å². The zero-order valence-electron chi connectivity index (χ0n) is 22.7. The summed E-state index contributed by atoms with van der Waals surface area (Å²) in [5, 5.41) is 3.57. The molecule has 3 nitrogen and oxygen atoms in total. The molecule has 0 saturated carbocycles. The second kappa shape index (κ2) is 10.3. The Morgan fingerprint density at radius 1 is 0.429 bits per heavy atom. The molecule has 0 aliphatic rings. The van der Waals surface area contributed by atoms with Crippen LogP contribution in [0.2, 0.25) is 0 Å². The van der Waals surface area contributed by atoms with Gasteiger partial charge in [-0.15, -0.1) is 11.3 Å². The van der Waals surface area contributed by atoms with Crippen molar-refractivity contribution < 1.29 is 0 Å². The van der Waals surface area contributed by atoms with Gasteiger partial charge in [-0.3, -0.25) is 0 Å². The molecule has 0 saturated heterocycles. The van der Waals surface area contributed by atoms with Crippen molar-refractivity contribution in [1.82, 2.24) is 9.97 Å². The Kier molecular flexibility index (Phi) is 5.98. The minimum atomic E-state index is 0.711. The fourth-order valence-corrected chi connectivity index (χ4v) is 6.81. The molecular formula is C38H25N3S. The summed E-state index contributed by atoms with van der Waals surface area (Å²) in [5.74, 6) is 0.711. The average Bonchev–Trinajstić information content (AvgIpc) is 3.42. The molecule has 0 amide bonds. The third-order valence-corrected chi connectivity index (χ3v) is 8.77. The molecule has 4 heteroatoms. The van der Waals surface area contributed by atoms with Gasteiger partial charge in [-0.2, -0.15) is 0 Å². The molecule has 0 aliphatic heterocycles. The number of fused-ring (bicyclic) bond motifs is 4. The lowest BCUT2D eigenvalue weighted by atomic mass is 10.0. The highest BCUT2D eigenvalue weighted by Gasteiger charge is 2.17. The highest BCUT2D eigenvalue weighted by atomic mass is 32.1. The number of anilines is 3. The van der Waals surface area contributed by atoms with Gasteiger partial charge in [0.25, 0.3) is 0 Å². The van der Waals surface area contributed by atoms with E-state index in [0.717, 1.165) is 44.8 Å². The number of thiophene rings is 1. The first-order chi connectivity index (χ1) is 20.8. The molecular weight excluding hydrogens is 531 g/mol. The number of aromatic nitrogens is 2. The zero-order chi connectivity index (χ0) is 27.9. The van der Waals surface area contributed by atoms with Gasteiger partial charge in [0.05, 0.1) is 11.2 Å². The Balaban J connectivity index is 1.35. The fraction of sp³-hybridized carbons (Fsp3) is 0. The molecule has 0 bridgehead atoms. The molecule has 6 aromatic carbocycles. The Labute approximate surface area is 248 Å². The first kappa shape index (κ1) is 24.5. The van der Waals surface area contributed by atoms with E-state index in [9.17, 15) is 0 Å². The predicted molar refractivity (Wildman–Crippen MR) is 178 cm³/mol. The summed E-state index contributed by atoms with van der Waals surface area (Å²) in [6, 6.07) is 53.0. The van der Waals surface area contributed by atoms with Gasteiger partial charge in [0.1, 0.15) is 0 Å². The summed E-state index contributed by atoms with van der Waals surface area (Å²) in [7, 11) is 0. The van der Waals surface area contributed by atoms with E-state index in [1.54, 1.807) is 0 Å². The Bertz CT molecular complexity index is 2150. The van der Waals surface area contributed by atoms with Gasteiger partial charge >= 0.3 is 0 Å². The molecule has 2 heterocycles. The number of para-hydroxylation sites is 2. The molecule has 0 radical (unpaired) electrons. The van der Waals surface area contributed by atoms with Crippen LogP contribution >= 0.6 is 11.3 Å². The molecule has 0 N–H and O–H groups in total. The maximum atomic E-state index is 5.22. The largest absolute Gasteiger partial charge is 0.310 e. The Morgan fingerprint density at radius 2 is 1.05 bits per heavy atom. The van der Waals surface area contributed by atoms with Gasteiger partial charge in [-0.25, -0.2) is 9.97 Å². The van der Waals surface area contributed by atoms with Crippen molar-refractivity contribution in [3.63, 3.8) is 0 Å². The van der Waals surface area contributed by atoms with Crippen LogP contribution in [-0.2, 0) is 0 Å². The smallest absolute Gasteiger partial charge is 0.160 e. The molecule has 198 valence electrons. The third-order valence-electron chi connectivity index (χ3n) is 7.63. The minimum absolute atomic E-state index is 0.711. The Morgan fingerprint density at radius 3 is 1.79 bits per heavy atom. The molecule has 0 fully saturated rings. The van der Waals surface area contributed by atoms with Gasteiger partial charge in [0.15, 0.2) is 5.82 Å². The lowest BCUT2D eigenvalue weighted by molar-refractivity contribution is 1.22. The van der Waals surface area contributed by atoms with Gasteiger partial charge < -0.3 is 4.90 Å². The topological polar surface area (TPSA) is 29.0 Å². The van der Waals surface area contributed by atoms with Gasteiger partial charge in [-0.05, 0) is 54.6 Å². The first-order valence-corrected chi connectivity index (χ1v) is 14.8. The van der Waals surface area contributed by atoms with Crippen LogP contribution in [0.15, 0.2) is 152 Å². The van der Waals surface area contributed by atoms with E-state index in [0.29, 0.717) is 5.82 Å². The summed E-state index contributed by atoms with van der Waals surface area (Å²) < 4.78 is 2.53. The molecule has 0 aliphatic carbocycles. The van der Waals surface area contributed by atoms with E-state index in [-0.39, 0.29) is 0 Å². The summed E-state index contributed by atoms with van der Waals surface area (Å²) >= 11 is 1.82. The number of hydrogen-bond donors (Lipinski definition) is 0. The monoisotopic (exact) mass is 555 g/mol. The van der Waals surface area contributed by atoms with Crippen LogP contribution in [0.5, 0.6) is 0 Å². The van der Waals surface area contributed by atoms with Crippen LogP contribution in [0.3, 0.4) is 0 Å². The summed E-state index contributed by atoms with van der Waals surface area (Å²) in [6.45, 7) is 0. The van der Waals surface area contributed by atoms with E-state index >= 15 is 0 Å². The number of benzene rings is 6. The first-order valence-electron chi connectivity index (χ1n) is 14.0. The maximum absolute atomic E-state index is 5.22. The lowest BCUT2D eigenvalue weighted by Crippen LogP contribution is -2.09. The molecule has 8 rings (SSSR count). The van der Waals surface area contributed by atoms with Gasteiger partial charge in [0, 0.05) is 53.7 Å². The molecule has 0 unspecified atom stereocenters. The van der Waals surface area contributed by atoms with Crippen molar-refractivity contribution >= 4 is 59.5 Å². The molecule has 42 heavy (non-hydrogen) atoms.